The van der Waals surface area contributed by atoms with Crippen LogP contribution in [0.3, 0.4) is 0 Å². The van der Waals surface area contributed by atoms with E-state index < -0.39 is 0 Å². The molecule has 6 heterocycles. The van der Waals surface area contributed by atoms with Crippen molar-refractivity contribution in [3.8, 4) is 5.75 Å². The smallest absolute Gasteiger partial charge is 0.263 e. The lowest BCUT2D eigenvalue weighted by atomic mass is 10.2. The Morgan fingerprint density at radius 3 is 2.83 bits per heavy atom. The van der Waals surface area contributed by atoms with Gasteiger partial charge in [0.2, 0.25) is 0 Å². The zero-order valence-corrected chi connectivity index (χ0v) is 20.2. The number of morpholine rings is 1. The topological polar surface area (TPSA) is 120 Å². The van der Waals surface area contributed by atoms with Crippen LogP contribution in [0.15, 0.2) is 39.9 Å². The van der Waals surface area contributed by atoms with Crippen LogP contribution in [-0.2, 0) is 22.6 Å². The van der Waals surface area contributed by atoms with Gasteiger partial charge in [0, 0.05) is 62.9 Å². The molecule has 1 fully saturated rings. The zero-order valence-electron chi connectivity index (χ0n) is 19.4. The highest BCUT2D eigenvalue weighted by Crippen LogP contribution is 2.30. The molecule has 3 aliphatic heterocycles. The first-order valence-corrected chi connectivity index (χ1v) is 12.3. The lowest BCUT2D eigenvalue weighted by Crippen LogP contribution is -2.48. The monoisotopic (exact) mass is 512 g/mol. The molecule has 6 rings (SSSR count). The Labute approximate surface area is 210 Å². The molecule has 0 aromatic carbocycles. The normalized spacial score (nSPS) is 21.3. The van der Waals surface area contributed by atoms with E-state index in [1.807, 2.05) is 0 Å². The Morgan fingerprint density at radius 2 is 1.97 bits per heavy atom. The molecule has 0 bridgehead atoms. The number of rotatable bonds is 6. The van der Waals surface area contributed by atoms with Gasteiger partial charge in [-0.15, -0.1) is 0 Å². The molecule has 3 aromatic rings. The molecular weight excluding hydrogens is 488 g/mol. The summed E-state index contributed by atoms with van der Waals surface area (Å²) in [5.74, 6) is 0.580. The maximum absolute atomic E-state index is 12.7. The third-order valence-corrected chi connectivity index (χ3v) is 7.13. The van der Waals surface area contributed by atoms with Crippen LogP contribution >= 0.6 is 11.6 Å². The number of pyridine rings is 3. The van der Waals surface area contributed by atoms with Crippen molar-refractivity contribution in [3.05, 3.63) is 61.8 Å². The van der Waals surface area contributed by atoms with Crippen molar-refractivity contribution >= 4 is 34.4 Å². The first kappa shape index (κ1) is 23.2. The predicted octanol–water partition coefficient (Wildman–Crippen LogP) is 0.588. The molecule has 12 heteroatoms. The molecule has 2 N–H and O–H groups in total. The zero-order chi connectivity index (χ0) is 24.8. The summed E-state index contributed by atoms with van der Waals surface area (Å²) >= 11 is 6.35. The second kappa shape index (κ2) is 9.32. The quantitative estimate of drug-likeness (QED) is 0.492. The molecule has 1 amide bonds. The highest BCUT2D eigenvalue weighted by atomic mass is 35.5. The number of hydrogen-bond donors (Lipinski definition) is 2. The van der Waals surface area contributed by atoms with Gasteiger partial charge in [-0.3, -0.25) is 28.4 Å². The number of carbonyl (C=O) groups is 1. The summed E-state index contributed by atoms with van der Waals surface area (Å²) in [6.07, 6.45) is -0.0581. The van der Waals surface area contributed by atoms with E-state index in [2.05, 4.69) is 20.5 Å². The van der Waals surface area contributed by atoms with Crippen molar-refractivity contribution in [1.29, 1.82) is 0 Å². The fraction of sp³-hybridized carbons (Fsp3) is 0.417. The van der Waals surface area contributed by atoms with Gasteiger partial charge in [0.15, 0.2) is 18.2 Å². The van der Waals surface area contributed by atoms with Gasteiger partial charge >= 0.3 is 0 Å². The number of aromatic nitrogens is 3. The molecule has 3 aliphatic rings. The number of ether oxygens (including phenoxy) is 2. The fourth-order valence-electron chi connectivity index (χ4n) is 5.16. The number of amides is 1. The van der Waals surface area contributed by atoms with Crippen molar-refractivity contribution in [3.63, 3.8) is 0 Å². The summed E-state index contributed by atoms with van der Waals surface area (Å²) in [4.78, 5) is 43.4. The average molecular weight is 513 g/mol. The fourth-order valence-corrected chi connectivity index (χ4v) is 5.36. The summed E-state index contributed by atoms with van der Waals surface area (Å²) in [6, 6.07) is 8.21. The first-order valence-electron chi connectivity index (χ1n) is 11.9. The van der Waals surface area contributed by atoms with Crippen molar-refractivity contribution < 1.29 is 14.3 Å². The molecule has 2 atom stereocenters. The van der Waals surface area contributed by atoms with E-state index in [9.17, 15) is 14.4 Å². The van der Waals surface area contributed by atoms with E-state index in [-0.39, 0.29) is 35.8 Å². The van der Waals surface area contributed by atoms with Crippen molar-refractivity contribution in [1.82, 2.24) is 24.3 Å². The van der Waals surface area contributed by atoms with Gasteiger partial charge in [-0.1, -0.05) is 11.6 Å². The van der Waals surface area contributed by atoms with E-state index >= 15 is 0 Å². The van der Waals surface area contributed by atoms with Gasteiger partial charge in [-0.25, -0.2) is 4.98 Å². The molecule has 3 aromatic heterocycles. The van der Waals surface area contributed by atoms with Crippen molar-refractivity contribution in [2.24, 2.45) is 0 Å². The van der Waals surface area contributed by atoms with Crippen LogP contribution in [0.2, 0.25) is 5.02 Å². The van der Waals surface area contributed by atoms with E-state index in [4.69, 9.17) is 21.1 Å². The van der Waals surface area contributed by atoms with Gasteiger partial charge in [0.05, 0.1) is 29.5 Å². The highest BCUT2D eigenvalue weighted by molar-refractivity contribution is 6.31. The Hall–Kier alpha value is -3.25. The number of carbonyl (C=O) groups excluding carboxylic acids is 1. The maximum atomic E-state index is 12.7. The van der Waals surface area contributed by atoms with Crippen molar-refractivity contribution in [2.75, 3.05) is 44.7 Å². The van der Waals surface area contributed by atoms with Crippen LogP contribution in [-0.4, -0.2) is 70.4 Å². The van der Waals surface area contributed by atoms with Crippen LogP contribution in [0.1, 0.15) is 11.7 Å². The number of fused-ring (bicyclic) bond motifs is 1. The van der Waals surface area contributed by atoms with Crippen LogP contribution in [0.5, 0.6) is 5.75 Å². The maximum Gasteiger partial charge on any atom is 0.263 e. The molecule has 2 unspecified atom stereocenters. The van der Waals surface area contributed by atoms with E-state index in [1.165, 1.54) is 0 Å². The average Bonchev–Trinajstić information content (AvgIpc) is 3.25. The molecule has 0 aliphatic carbocycles. The number of anilines is 1. The summed E-state index contributed by atoms with van der Waals surface area (Å²) in [6.45, 7) is 4.08. The number of nitrogens with zero attached hydrogens (tertiary/aromatic N) is 4. The molecule has 1 saturated heterocycles. The first-order chi connectivity index (χ1) is 17.5. The lowest BCUT2D eigenvalue weighted by Gasteiger charge is -2.34. The summed E-state index contributed by atoms with van der Waals surface area (Å²) in [5.41, 5.74) is 1.12. The lowest BCUT2D eigenvalue weighted by molar-refractivity contribution is -0.118. The molecule has 0 saturated carbocycles. The van der Waals surface area contributed by atoms with Gasteiger partial charge < -0.3 is 20.1 Å². The molecule has 0 spiro atoms. The predicted molar refractivity (Wildman–Crippen MR) is 133 cm³/mol. The Bertz CT molecular complexity index is 1460. The highest BCUT2D eigenvalue weighted by Gasteiger charge is 2.30. The molecular formula is C24H25ClN6O5. The number of hydrogen-bond acceptors (Lipinski definition) is 8. The summed E-state index contributed by atoms with van der Waals surface area (Å²) < 4.78 is 14.7. The minimum atomic E-state index is -0.249. The Morgan fingerprint density at radius 1 is 1.14 bits per heavy atom. The van der Waals surface area contributed by atoms with Crippen LogP contribution in [0.25, 0.3) is 11.0 Å². The van der Waals surface area contributed by atoms with Gasteiger partial charge in [-0.05, 0) is 12.1 Å². The van der Waals surface area contributed by atoms with Crippen molar-refractivity contribution in [2.45, 2.75) is 25.2 Å². The Balaban J connectivity index is 1.08. The second-order valence-corrected chi connectivity index (χ2v) is 9.65. The van der Waals surface area contributed by atoms with E-state index in [0.717, 1.165) is 11.9 Å². The summed E-state index contributed by atoms with van der Waals surface area (Å²) in [5, 5.41) is 7.38. The van der Waals surface area contributed by atoms with Crippen LogP contribution in [0, 0.1) is 0 Å². The minimum Gasteiger partial charge on any atom is -0.480 e. The third-order valence-electron chi connectivity index (χ3n) is 6.80. The van der Waals surface area contributed by atoms with Gasteiger partial charge in [0.25, 0.3) is 17.0 Å². The van der Waals surface area contributed by atoms with E-state index in [0.29, 0.717) is 67.3 Å². The molecule has 0 radical (unpaired) electrons. The van der Waals surface area contributed by atoms with E-state index in [1.54, 1.807) is 39.5 Å². The minimum absolute atomic E-state index is 0.0500. The van der Waals surface area contributed by atoms with Crippen LogP contribution < -0.4 is 26.5 Å². The number of nitrogens with one attached hydrogen (secondary N) is 2. The SMILES string of the molecule is O=C1COc2cc(Cl)c(CNCC3CN(CC4Cn5c(=O)ccc6ccc(=O)n4c65)CCO3)nc2N1. The Kier molecular flexibility index (Phi) is 6.00. The largest absolute Gasteiger partial charge is 0.480 e. The van der Waals surface area contributed by atoms with Gasteiger partial charge in [-0.2, -0.15) is 0 Å². The van der Waals surface area contributed by atoms with Gasteiger partial charge in [0.1, 0.15) is 5.65 Å². The third kappa shape index (κ3) is 4.28. The summed E-state index contributed by atoms with van der Waals surface area (Å²) in [7, 11) is 0. The second-order valence-electron chi connectivity index (χ2n) is 9.24. The standard InChI is InChI=1S/C24H25ClN6O5/c25-17-7-19-23(28-20(32)13-36-19)27-18(17)9-26-8-16-12-29(5-6-35-16)10-15-11-30-21(33)3-1-14-2-4-22(34)31(15)24(14)30/h1-4,7,15-16,26H,5-6,8-13H2,(H,27,28,32). The van der Waals surface area contributed by atoms with Crippen LogP contribution in [0.4, 0.5) is 5.82 Å². The molecule has 36 heavy (non-hydrogen) atoms. The molecule has 188 valence electrons. The number of halogens is 1. The molecule has 11 nitrogen and oxygen atoms in total.